The third kappa shape index (κ3) is 3.66. The number of nitrogens with zero attached hydrogens (tertiary/aromatic N) is 3. The van der Waals surface area contributed by atoms with Gasteiger partial charge in [0, 0.05) is 16.9 Å². The number of nitrogens with one attached hydrogen (secondary N) is 2. The van der Waals surface area contributed by atoms with Crippen LogP contribution in [-0.2, 0) is 4.79 Å². The topological polar surface area (TPSA) is 103 Å². The molecule has 2 aromatic carbocycles. The average Bonchev–Trinajstić information content (AvgIpc) is 3.53. The number of anilines is 2. The van der Waals surface area contributed by atoms with E-state index in [1.54, 1.807) is 43.4 Å². The quantitative estimate of drug-likeness (QED) is 0.440. The zero-order valence-electron chi connectivity index (χ0n) is 18.9. The molecule has 1 atom stereocenters. The van der Waals surface area contributed by atoms with E-state index in [9.17, 15) is 4.79 Å². The average molecular weight is 457 g/mol. The highest BCUT2D eigenvalue weighted by molar-refractivity contribution is 6.06. The summed E-state index contributed by atoms with van der Waals surface area (Å²) in [7, 11) is 3.14. The number of para-hydroxylation sites is 2. The van der Waals surface area contributed by atoms with Crippen LogP contribution in [-0.4, -0.2) is 34.9 Å². The Kier molecular flexibility index (Phi) is 5.51. The van der Waals surface area contributed by atoms with Gasteiger partial charge in [-0.05, 0) is 37.3 Å². The first-order valence-electron chi connectivity index (χ1n) is 10.7. The van der Waals surface area contributed by atoms with Gasteiger partial charge in [-0.15, -0.1) is 5.10 Å². The largest absolute Gasteiger partial charge is 0.493 e. The van der Waals surface area contributed by atoms with Crippen LogP contribution in [0.25, 0.3) is 11.6 Å². The lowest BCUT2D eigenvalue weighted by Gasteiger charge is -2.29. The maximum absolute atomic E-state index is 13.6. The SMILES string of the molecule is COc1cccc(C2C(C(=O)Nc3ccccc3)=C(C)Nc3nc(-c4ccco4)nn32)c1OC. The second-order valence-corrected chi connectivity index (χ2v) is 7.65. The summed E-state index contributed by atoms with van der Waals surface area (Å²) >= 11 is 0. The Morgan fingerprint density at radius 1 is 1.06 bits per heavy atom. The van der Waals surface area contributed by atoms with Gasteiger partial charge in [-0.1, -0.05) is 30.3 Å². The molecular weight excluding hydrogens is 434 g/mol. The van der Waals surface area contributed by atoms with E-state index in [-0.39, 0.29) is 5.91 Å². The van der Waals surface area contributed by atoms with Gasteiger partial charge in [-0.25, -0.2) is 4.68 Å². The van der Waals surface area contributed by atoms with Crippen LogP contribution in [0.15, 0.2) is 82.6 Å². The van der Waals surface area contributed by atoms with Crippen molar-refractivity contribution in [2.75, 3.05) is 24.9 Å². The van der Waals surface area contributed by atoms with E-state index in [0.29, 0.717) is 51.6 Å². The molecule has 0 aliphatic carbocycles. The van der Waals surface area contributed by atoms with Crippen molar-refractivity contribution in [1.82, 2.24) is 14.8 Å². The summed E-state index contributed by atoms with van der Waals surface area (Å²) in [6.07, 6.45) is 1.56. The van der Waals surface area contributed by atoms with Gasteiger partial charge < -0.3 is 24.5 Å². The fourth-order valence-corrected chi connectivity index (χ4v) is 4.09. The second-order valence-electron chi connectivity index (χ2n) is 7.65. The van der Waals surface area contributed by atoms with Crippen molar-refractivity contribution in [3.63, 3.8) is 0 Å². The summed E-state index contributed by atoms with van der Waals surface area (Å²) in [5, 5.41) is 10.9. The second kappa shape index (κ2) is 8.78. The molecule has 0 radical (unpaired) electrons. The third-order valence-electron chi connectivity index (χ3n) is 5.60. The first-order chi connectivity index (χ1) is 16.6. The molecule has 1 aliphatic heterocycles. The molecule has 0 spiro atoms. The smallest absolute Gasteiger partial charge is 0.255 e. The number of rotatable bonds is 6. The van der Waals surface area contributed by atoms with Gasteiger partial charge >= 0.3 is 0 Å². The van der Waals surface area contributed by atoms with Crippen LogP contribution in [0.3, 0.4) is 0 Å². The van der Waals surface area contributed by atoms with Gasteiger partial charge in [0.2, 0.25) is 11.8 Å². The highest BCUT2D eigenvalue weighted by Gasteiger charge is 2.37. The minimum absolute atomic E-state index is 0.272. The maximum Gasteiger partial charge on any atom is 0.255 e. The number of benzene rings is 2. The summed E-state index contributed by atoms with van der Waals surface area (Å²) < 4.78 is 18.4. The Hall–Kier alpha value is -4.53. The zero-order chi connectivity index (χ0) is 23.7. The molecule has 9 heteroatoms. The number of carbonyl (C=O) groups is 1. The third-order valence-corrected chi connectivity index (χ3v) is 5.60. The molecule has 1 aliphatic rings. The van der Waals surface area contributed by atoms with Crippen molar-refractivity contribution in [3.05, 3.63) is 83.8 Å². The number of ether oxygens (including phenoxy) is 2. The van der Waals surface area contributed by atoms with Crippen LogP contribution in [0.4, 0.5) is 11.6 Å². The van der Waals surface area contributed by atoms with E-state index in [2.05, 4.69) is 15.6 Å². The molecule has 2 N–H and O–H groups in total. The summed E-state index contributed by atoms with van der Waals surface area (Å²) in [5.74, 6) is 2.19. The minimum atomic E-state index is -0.638. The van der Waals surface area contributed by atoms with E-state index in [1.165, 1.54) is 0 Å². The predicted octanol–water partition coefficient (Wildman–Crippen LogP) is 4.48. The highest BCUT2D eigenvalue weighted by Crippen LogP contribution is 2.43. The van der Waals surface area contributed by atoms with E-state index < -0.39 is 6.04 Å². The molecule has 3 heterocycles. The minimum Gasteiger partial charge on any atom is -0.493 e. The molecule has 0 saturated heterocycles. The molecule has 172 valence electrons. The van der Waals surface area contributed by atoms with Gasteiger partial charge in [-0.2, -0.15) is 4.98 Å². The van der Waals surface area contributed by atoms with Crippen LogP contribution in [0, 0.1) is 0 Å². The number of carbonyl (C=O) groups excluding carboxylic acids is 1. The molecular formula is C25H23N5O4. The van der Waals surface area contributed by atoms with Gasteiger partial charge in [0.05, 0.1) is 26.1 Å². The number of hydrogen-bond donors (Lipinski definition) is 2. The van der Waals surface area contributed by atoms with E-state index in [1.807, 2.05) is 49.4 Å². The molecule has 4 aromatic rings. The van der Waals surface area contributed by atoms with Crippen LogP contribution in [0.2, 0.25) is 0 Å². The monoisotopic (exact) mass is 457 g/mol. The number of allylic oxidation sites excluding steroid dienone is 1. The Morgan fingerprint density at radius 2 is 1.88 bits per heavy atom. The van der Waals surface area contributed by atoms with Crippen molar-refractivity contribution >= 4 is 17.5 Å². The lowest BCUT2D eigenvalue weighted by molar-refractivity contribution is -0.113. The van der Waals surface area contributed by atoms with Crippen LogP contribution >= 0.6 is 0 Å². The number of hydrogen-bond acceptors (Lipinski definition) is 7. The number of amides is 1. The number of aromatic nitrogens is 3. The van der Waals surface area contributed by atoms with E-state index in [4.69, 9.17) is 19.0 Å². The summed E-state index contributed by atoms with van der Waals surface area (Å²) in [6, 6.07) is 17.8. The molecule has 1 unspecified atom stereocenters. The van der Waals surface area contributed by atoms with Gasteiger partial charge in [0.25, 0.3) is 5.91 Å². The van der Waals surface area contributed by atoms with Gasteiger partial charge in [-0.3, -0.25) is 4.79 Å². The zero-order valence-corrected chi connectivity index (χ0v) is 18.9. The van der Waals surface area contributed by atoms with Gasteiger partial charge in [0.15, 0.2) is 17.3 Å². The lowest BCUT2D eigenvalue weighted by atomic mass is 9.94. The molecule has 9 nitrogen and oxygen atoms in total. The molecule has 2 aromatic heterocycles. The number of fused-ring (bicyclic) bond motifs is 1. The molecule has 34 heavy (non-hydrogen) atoms. The maximum atomic E-state index is 13.6. The Bertz CT molecular complexity index is 1360. The standard InChI is InChI=1S/C25H23N5O4/c1-15-20(24(31)27-16-9-5-4-6-10-16)21(17-11-7-12-18(32-2)22(17)33-3)30-25(26-15)28-23(29-30)19-13-8-14-34-19/h4-14,21H,1-3H3,(H,27,31)(H,26,28,29). The summed E-state index contributed by atoms with van der Waals surface area (Å²) in [6.45, 7) is 1.84. The molecule has 5 rings (SSSR count). The summed E-state index contributed by atoms with van der Waals surface area (Å²) in [5.41, 5.74) is 2.51. The summed E-state index contributed by atoms with van der Waals surface area (Å²) in [4.78, 5) is 18.2. The van der Waals surface area contributed by atoms with Crippen molar-refractivity contribution in [2.24, 2.45) is 0 Å². The normalized spacial score (nSPS) is 14.9. The van der Waals surface area contributed by atoms with E-state index in [0.717, 1.165) is 0 Å². The van der Waals surface area contributed by atoms with Crippen LogP contribution in [0.1, 0.15) is 18.5 Å². The highest BCUT2D eigenvalue weighted by atomic mass is 16.5. The first-order valence-corrected chi connectivity index (χ1v) is 10.7. The fourth-order valence-electron chi connectivity index (χ4n) is 4.09. The lowest BCUT2D eigenvalue weighted by Crippen LogP contribution is -2.31. The van der Waals surface area contributed by atoms with Crippen molar-refractivity contribution in [2.45, 2.75) is 13.0 Å². The van der Waals surface area contributed by atoms with Crippen molar-refractivity contribution < 1.29 is 18.7 Å². The van der Waals surface area contributed by atoms with E-state index >= 15 is 0 Å². The molecule has 0 bridgehead atoms. The van der Waals surface area contributed by atoms with Crippen LogP contribution in [0.5, 0.6) is 11.5 Å². The molecule has 0 fully saturated rings. The fraction of sp³-hybridized carbons (Fsp3) is 0.160. The van der Waals surface area contributed by atoms with Crippen molar-refractivity contribution in [1.29, 1.82) is 0 Å². The molecule has 1 amide bonds. The van der Waals surface area contributed by atoms with Crippen molar-refractivity contribution in [3.8, 4) is 23.1 Å². The predicted molar refractivity (Wildman–Crippen MR) is 127 cm³/mol. The number of methoxy groups -OCH3 is 2. The number of furan rings is 1. The van der Waals surface area contributed by atoms with Crippen LogP contribution < -0.4 is 20.1 Å². The van der Waals surface area contributed by atoms with Gasteiger partial charge in [0.1, 0.15) is 6.04 Å². The Morgan fingerprint density at radius 3 is 2.59 bits per heavy atom. The Labute approximate surface area is 196 Å². The first kappa shape index (κ1) is 21.3. The molecule has 0 saturated carbocycles. The Balaban J connectivity index is 1.67.